The van der Waals surface area contributed by atoms with Gasteiger partial charge in [-0.15, -0.1) is 0 Å². The molecule has 0 fully saturated rings. The van der Waals surface area contributed by atoms with Gasteiger partial charge < -0.3 is 15.4 Å². The molecular formula is C14H9ClFN3O2. The molecule has 0 aliphatic carbocycles. The van der Waals surface area contributed by atoms with Gasteiger partial charge in [-0.25, -0.2) is 4.39 Å². The van der Waals surface area contributed by atoms with Crippen LogP contribution in [0.25, 0.3) is 22.8 Å². The Morgan fingerprint density at radius 1 is 1.19 bits per heavy atom. The number of aromatic nitrogens is 2. The van der Waals surface area contributed by atoms with Crippen molar-refractivity contribution in [2.75, 3.05) is 5.73 Å². The first-order valence-electron chi connectivity index (χ1n) is 5.92. The van der Waals surface area contributed by atoms with Crippen LogP contribution in [-0.4, -0.2) is 15.2 Å². The van der Waals surface area contributed by atoms with E-state index in [9.17, 15) is 9.50 Å². The predicted octanol–water partition coefficient (Wildman–Crippen LogP) is 3.48. The van der Waals surface area contributed by atoms with Gasteiger partial charge in [-0.3, -0.25) is 0 Å². The van der Waals surface area contributed by atoms with Gasteiger partial charge in [0.25, 0.3) is 5.89 Å². The summed E-state index contributed by atoms with van der Waals surface area (Å²) in [6, 6.07) is 8.66. The monoisotopic (exact) mass is 305 g/mol. The fourth-order valence-electron chi connectivity index (χ4n) is 1.81. The molecule has 0 aliphatic rings. The number of hydrogen-bond acceptors (Lipinski definition) is 5. The maximum atomic E-state index is 13.1. The summed E-state index contributed by atoms with van der Waals surface area (Å²) in [6.45, 7) is 0. The third-order valence-electron chi connectivity index (χ3n) is 2.86. The molecule has 0 saturated carbocycles. The minimum atomic E-state index is -0.527. The molecule has 0 bridgehead atoms. The first kappa shape index (κ1) is 13.4. The van der Waals surface area contributed by atoms with Crippen molar-refractivity contribution in [3.8, 4) is 28.6 Å². The predicted molar refractivity (Wildman–Crippen MR) is 76.2 cm³/mol. The van der Waals surface area contributed by atoms with Crippen molar-refractivity contribution in [3.05, 3.63) is 47.2 Å². The van der Waals surface area contributed by atoms with Crippen LogP contribution < -0.4 is 5.73 Å². The summed E-state index contributed by atoms with van der Waals surface area (Å²) in [6.07, 6.45) is 0. The normalized spacial score (nSPS) is 10.8. The van der Waals surface area contributed by atoms with Crippen molar-refractivity contribution in [2.24, 2.45) is 0 Å². The molecule has 3 rings (SSSR count). The van der Waals surface area contributed by atoms with Crippen molar-refractivity contribution in [3.63, 3.8) is 0 Å². The van der Waals surface area contributed by atoms with Gasteiger partial charge in [0.1, 0.15) is 11.6 Å². The second-order valence-corrected chi connectivity index (χ2v) is 4.74. The molecule has 7 heteroatoms. The summed E-state index contributed by atoms with van der Waals surface area (Å²) in [5.41, 5.74) is 6.84. The second kappa shape index (κ2) is 5.06. The fourth-order valence-corrected chi connectivity index (χ4v) is 2.00. The average Bonchev–Trinajstić information content (AvgIpc) is 2.91. The van der Waals surface area contributed by atoms with Gasteiger partial charge in [-0.05, 0) is 30.3 Å². The molecule has 3 N–H and O–H groups in total. The summed E-state index contributed by atoms with van der Waals surface area (Å²) < 4.78 is 18.2. The molecule has 0 saturated heterocycles. The first-order valence-corrected chi connectivity index (χ1v) is 6.30. The van der Waals surface area contributed by atoms with Gasteiger partial charge >= 0.3 is 0 Å². The van der Waals surface area contributed by atoms with E-state index in [1.54, 1.807) is 12.1 Å². The minimum absolute atomic E-state index is 0.0332. The number of anilines is 1. The number of rotatable bonds is 2. The summed E-state index contributed by atoms with van der Waals surface area (Å²) in [4.78, 5) is 4.15. The number of nitrogens with two attached hydrogens (primary N) is 1. The number of phenolic OH excluding ortho intramolecular Hbond substituents is 1. The van der Waals surface area contributed by atoms with Gasteiger partial charge in [0, 0.05) is 17.3 Å². The van der Waals surface area contributed by atoms with Crippen molar-refractivity contribution >= 4 is 17.3 Å². The maximum Gasteiger partial charge on any atom is 0.262 e. The summed E-state index contributed by atoms with van der Waals surface area (Å²) in [5.74, 6) is -0.228. The Hall–Kier alpha value is -2.60. The van der Waals surface area contributed by atoms with Crippen LogP contribution in [0.4, 0.5) is 10.1 Å². The van der Waals surface area contributed by atoms with E-state index in [0.29, 0.717) is 16.8 Å². The van der Waals surface area contributed by atoms with E-state index < -0.39 is 5.82 Å². The Labute approximate surface area is 123 Å². The quantitative estimate of drug-likeness (QED) is 0.708. The topological polar surface area (TPSA) is 85.2 Å². The number of phenols is 1. The fraction of sp³-hybridized carbons (Fsp3) is 0. The Bertz CT molecular complexity index is 820. The zero-order valence-electron chi connectivity index (χ0n) is 10.5. The second-order valence-electron chi connectivity index (χ2n) is 4.33. The van der Waals surface area contributed by atoms with Crippen molar-refractivity contribution < 1.29 is 14.0 Å². The Morgan fingerprint density at radius 3 is 2.71 bits per heavy atom. The lowest BCUT2D eigenvalue weighted by Gasteiger charge is -2.00. The number of aromatic hydroxyl groups is 1. The van der Waals surface area contributed by atoms with E-state index in [-0.39, 0.29) is 22.5 Å². The molecule has 2 aromatic carbocycles. The van der Waals surface area contributed by atoms with Crippen LogP contribution >= 0.6 is 11.6 Å². The number of hydrogen-bond donors (Lipinski definition) is 2. The molecule has 5 nitrogen and oxygen atoms in total. The molecule has 21 heavy (non-hydrogen) atoms. The summed E-state index contributed by atoms with van der Waals surface area (Å²) in [5, 5.41) is 13.6. The minimum Gasteiger partial charge on any atom is -0.507 e. The molecule has 106 valence electrons. The maximum absolute atomic E-state index is 13.1. The smallest absolute Gasteiger partial charge is 0.262 e. The van der Waals surface area contributed by atoms with Crippen LogP contribution in [0.15, 0.2) is 40.9 Å². The highest BCUT2D eigenvalue weighted by atomic mass is 35.5. The molecule has 0 radical (unpaired) electrons. The molecule has 0 unspecified atom stereocenters. The van der Waals surface area contributed by atoms with Crippen LogP contribution in [0.2, 0.25) is 5.02 Å². The van der Waals surface area contributed by atoms with Crippen molar-refractivity contribution in [1.29, 1.82) is 0 Å². The molecule has 0 spiro atoms. The van der Waals surface area contributed by atoms with Crippen LogP contribution in [0, 0.1) is 5.82 Å². The van der Waals surface area contributed by atoms with E-state index in [4.69, 9.17) is 21.9 Å². The lowest BCUT2D eigenvalue weighted by atomic mass is 10.2. The number of halogens is 2. The van der Waals surface area contributed by atoms with Gasteiger partial charge in [0.2, 0.25) is 5.82 Å². The zero-order chi connectivity index (χ0) is 15.0. The van der Waals surface area contributed by atoms with Crippen molar-refractivity contribution in [2.45, 2.75) is 0 Å². The van der Waals surface area contributed by atoms with E-state index >= 15 is 0 Å². The molecule has 1 heterocycles. The molecule has 0 amide bonds. The van der Waals surface area contributed by atoms with Gasteiger partial charge in [-0.1, -0.05) is 16.8 Å². The standard InChI is InChI=1S/C14H9ClFN3O2/c15-10-5-7(1-4-11(10)16)13-18-14(21-19-13)9-3-2-8(17)6-12(9)20/h1-6,20H,17H2. The first-order chi connectivity index (χ1) is 10.0. The highest BCUT2D eigenvalue weighted by Crippen LogP contribution is 2.31. The molecule has 1 aromatic heterocycles. The van der Waals surface area contributed by atoms with Crippen LogP contribution in [0.5, 0.6) is 5.75 Å². The van der Waals surface area contributed by atoms with E-state index in [2.05, 4.69) is 10.1 Å². The SMILES string of the molecule is Nc1ccc(-c2nc(-c3ccc(F)c(Cl)c3)no2)c(O)c1. The highest BCUT2D eigenvalue weighted by Gasteiger charge is 2.15. The van der Waals surface area contributed by atoms with Gasteiger partial charge in [0.05, 0.1) is 10.6 Å². The van der Waals surface area contributed by atoms with Gasteiger partial charge in [-0.2, -0.15) is 4.98 Å². The number of nitrogens with zero attached hydrogens (tertiary/aromatic N) is 2. The molecule has 0 atom stereocenters. The number of nitrogen functional groups attached to an aromatic ring is 1. The molecule has 0 aliphatic heterocycles. The van der Waals surface area contributed by atoms with E-state index in [1.807, 2.05) is 0 Å². The lowest BCUT2D eigenvalue weighted by Crippen LogP contribution is -1.86. The largest absolute Gasteiger partial charge is 0.507 e. The lowest BCUT2D eigenvalue weighted by molar-refractivity contribution is 0.426. The van der Waals surface area contributed by atoms with Crippen LogP contribution in [-0.2, 0) is 0 Å². The number of benzene rings is 2. The Balaban J connectivity index is 2.01. The molecular weight excluding hydrogens is 297 g/mol. The molecule has 3 aromatic rings. The summed E-state index contributed by atoms with van der Waals surface area (Å²) in [7, 11) is 0. The van der Waals surface area contributed by atoms with E-state index in [1.165, 1.54) is 24.3 Å². The average molecular weight is 306 g/mol. The Morgan fingerprint density at radius 2 is 2.00 bits per heavy atom. The third-order valence-corrected chi connectivity index (χ3v) is 3.15. The Kier molecular flexibility index (Phi) is 3.23. The van der Waals surface area contributed by atoms with Crippen molar-refractivity contribution in [1.82, 2.24) is 10.1 Å². The van der Waals surface area contributed by atoms with Gasteiger partial charge in [0.15, 0.2) is 0 Å². The summed E-state index contributed by atoms with van der Waals surface area (Å²) >= 11 is 5.72. The van der Waals surface area contributed by atoms with Crippen LogP contribution in [0.1, 0.15) is 0 Å². The highest BCUT2D eigenvalue weighted by molar-refractivity contribution is 6.31. The van der Waals surface area contributed by atoms with E-state index in [0.717, 1.165) is 0 Å². The zero-order valence-corrected chi connectivity index (χ0v) is 11.3. The van der Waals surface area contributed by atoms with Crippen LogP contribution in [0.3, 0.4) is 0 Å². The third kappa shape index (κ3) is 2.53.